The van der Waals surface area contributed by atoms with Crippen LogP contribution in [0.4, 0.5) is 0 Å². The summed E-state index contributed by atoms with van der Waals surface area (Å²) in [6.45, 7) is 0. The summed E-state index contributed by atoms with van der Waals surface area (Å²) in [6.07, 6.45) is 1.84. The number of fused-ring (bicyclic) bond motifs is 1. The van der Waals surface area contributed by atoms with E-state index in [0.29, 0.717) is 0 Å². The van der Waals surface area contributed by atoms with Crippen molar-refractivity contribution in [3.63, 3.8) is 0 Å². The summed E-state index contributed by atoms with van der Waals surface area (Å²) in [4.78, 5) is 25.7. The van der Waals surface area contributed by atoms with Crippen molar-refractivity contribution in [1.29, 1.82) is 0 Å². The summed E-state index contributed by atoms with van der Waals surface area (Å²) in [5.41, 5.74) is 2.96. The highest BCUT2D eigenvalue weighted by Crippen LogP contribution is 2.32. The van der Waals surface area contributed by atoms with Gasteiger partial charge in [0.25, 0.3) is 0 Å². The summed E-state index contributed by atoms with van der Waals surface area (Å²) in [5, 5.41) is 14.4. The molecule has 0 aliphatic carbocycles. The summed E-state index contributed by atoms with van der Waals surface area (Å²) < 4.78 is 0. The Balaban J connectivity index is 1.72. The fraction of sp³-hybridized carbons (Fsp3) is 0.200. The molecule has 1 aromatic heterocycles. The van der Waals surface area contributed by atoms with Crippen LogP contribution in [-0.4, -0.2) is 27.2 Å². The Labute approximate surface area is 125 Å². The third-order valence-corrected chi connectivity index (χ3v) is 4.39. The average molecular weight is 302 g/mol. The van der Waals surface area contributed by atoms with E-state index in [1.807, 2.05) is 35.9 Å². The third kappa shape index (κ3) is 2.80. The van der Waals surface area contributed by atoms with Gasteiger partial charge in [-0.05, 0) is 11.5 Å². The van der Waals surface area contributed by atoms with Crippen LogP contribution in [0.25, 0.3) is 16.6 Å². The van der Waals surface area contributed by atoms with Crippen molar-refractivity contribution < 1.29 is 14.7 Å². The molecule has 0 saturated heterocycles. The SMILES string of the molecule is O=C(O)CCC(=O)C1NC(c2c[nH]c3ccccc23)=CS1. The van der Waals surface area contributed by atoms with Crippen molar-refractivity contribution >= 4 is 40.1 Å². The molecule has 3 N–H and O–H groups in total. The molecule has 1 aromatic carbocycles. The Bertz CT molecular complexity index is 735. The Morgan fingerprint density at radius 1 is 1.24 bits per heavy atom. The topological polar surface area (TPSA) is 82.2 Å². The van der Waals surface area contributed by atoms with E-state index < -0.39 is 11.3 Å². The number of benzene rings is 1. The monoisotopic (exact) mass is 302 g/mol. The van der Waals surface area contributed by atoms with E-state index in [2.05, 4.69) is 10.3 Å². The second-order valence-corrected chi connectivity index (χ2v) is 5.78. The first kappa shape index (κ1) is 13.8. The highest BCUT2D eigenvalue weighted by molar-refractivity contribution is 8.03. The fourth-order valence-electron chi connectivity index (χ4n) is 2.30. The molecule has 1 aliphatic rings. The van der Waals surface area contributed by atoms with Gasteiger partial charge < -0.3 is 15.4 Å². The molecule has 1 aliphatic heterocycles. The second kappa shape index (κ2) is 5.65. The first-order valence-corrected chi connectivity index (χ1v) is 7.52. The van der Waals surface area contributed by atoms with Gasteiger partial charge in [-0.15, -0.1) is 0 Å². The minimum absolute atomic E-state index is 0.0506. The molecule has 108 valence electrons. The molecule has 6 heteroatoms. The molecule has 21 heavy (non-hydrogen) atoms. The number of aliphatic carboxylic acids is 1. The number of aromatic nitrogens is 1. The van der Waals surface area contributed by atoms with Crippen LogP contribution in [0.15, 0.2) is 35.9 Å². The van der Waals surface area contributed by atoms with E-state index in [0.717, 1.165) is 22.2 Å². The van der Waals surface area contributed by atoms with Crippen LogP contribution in [-0.2, 0) is 9.59 Å². The van der Waals surface area contributed by atoms with Gasteiger partial charge in [-0.25, -0.2) is 0 Å². The van der Waals surface area contributed by atoms with Crippen LogP contribution < -0.4 is 5.32 Å². The number of carboxylic acid groups (broad SMARTS) is 1. The Kier molecular flexibility index (Phi) is 3.70. The van der Waals surface area contributed by atoms with Gasteiger partial charge in [-0.2, -0.15) is 0 Å². The highest BCUT2D eigenvalue weighted by Gasteiger charge is 2.25. The number of aromatic amines is 1. The average Bonchev–Trinajstić information content (AvgIpc) is 3.10. The number of para-hydroxylation sites is 1. The maximum Gasteiger partial charge on any atom is 0.303 e. The van der Waals surface area contributed by atoms with Crippen LogP contribution >= 0.6 is 11.8 Å². The zero-order chi connectivity index (χ0) is 14.8. The molecular formula is C15H14N2O3S. The third-order valence-electron chi connectivity index (χ3n) is 3.37. The van der Waals surface area contributed by atoms with Crippen molar-refractivity contribution in [2.75, 3.05) is 0 Å². The van der Waals surface area contributed by atoms with Crippen LogP contribution in [0.2, 0.25) is 0 Å². The number of H-pyrrole nitrogens is 1. The summed E-state index contributed by atoms with van der Waals surface area (Å²) in [5.74, 6) is -1.04. The number of carbonyl (C=O) groups is 2. The smallest absolute Gasteiger partial charge is 0.303 e. The Hall–Kier alpha value is -2.21. The predicted molar refractivity (Wildman–Crippen MR) is 82.7 cm³/mol. The van der Waals surface area contributed by atoms with Gasteiger partial charge >= 0.3 is 5.97 Å². The van der Waals surface area contributed by atoms with Gasteiger partial charge in [0.15, 0.2) is 5.78 Å². The van der Waals surface area contributed by atoms with E-state index in [1.165, 1.54) is 11.8 Å². The molecule has 0 radical (unpaired) electrons. The molecule has 0 spiro atoms. The lowest BCUT2D eigenvalue weighted by Crippen LogP contribution is -2.29. The van der Waals surface area contributed by atoms with E-state index in [9.17, 15) is 9.59 Å². The molecule has 0 amide bonds. The normalized spacial score (nSPS) is 17.5. The fourth-order valence-corrected chi connectivity index (χ4v) is 3.23. The van der Waals surface area contributed by atoms with Crippen molar-refractivity contribution in [3.05, 3.63) is 41.4 Å². The molecule has 3 rings (SSSR count). The van der Waals surface area contributed by atoms with Gasteiger partial charge in [0, 0.05) is 29.1 Å². The number of carbonyl (C=O) groups excluding carboxylic acids is 1. The van der Waals surface area contributed by atoms with Gasteiger partial charge in [0.05, 0.1) is 12.1 Å². The van der Waals surface area contributed by atoms with Crippen molar-refractivity contribution in [3.8, 4) is 0 Å². The first-order chi connectivity index (χ1) is 10.1. The van der Waals surface area contributed by atoms with Gasteiger partial charge in [0.1, 0.15) is 5.37 Å². The van der Waals surface area contributed by atoms with Gasteiger partial charge in [-0.3, -0.25) is 9.59 Å². The quantitative estimate of drug-likeness (QED) is 0.790. The standard InChI is InChI=1S/C15H14N2O3S/c18-13(5-6-14(19)20)15-17-12(8-21-15)10-7-16-11-4-2-1-3-9(10)11/h1-4,7-8,15-17H,5-6H2,(H,19,20). The minimum atomic E-state index is -0.948. The number of Topliss-reactive ketones (excluding diaryl/α,β-unsaturated/α-hetero) is 1. The lowest BCUT2D eigenvalue weighted by Gasteiger charge is -2.11. The number of carboxylic acids is 1. The van der Waals surface area contributed by atoms with Crippen molar-refractivity contribution in [2.24, 2.45) is 0 Å². The number of rotatable bonds is 5. The molecule has 5 nitrogen and oxygen atoms in total. The minimum Gasteiger partial charge on any atom is -0.481 e. The molecule has 2 aromatic rings. The summed E-state index contributed by atoms with van der Waals surface area (Å²) in [7, 11) is 0. The number of hydrogen-bond acceptors (Lipinski definition) is 4. The van der Waals surface area contributed by atoms with E-state index in [-0.39, 0.29) is 18.6 Å². The lowest BCUT2D eigenvalue weighted by atomic mass is 10.1. The zero-order valence-electron chi connectivity index (χ0n) is 11.1. The Morgan fingerprint density at radius 2 is 2.05 bits per heavy atom. The van der Waals surface area contributed by atoms with E-state index in [1.54, 1.807) is 0 Å². The van der Waals surface area contributed by atoms with Crippen LogP contribution in [0.1, 0.15) is 18.4 Å². The zero-order valence-corrected chi connectivity index (χ0v) is 11.9. The molecule has 1 atom stereocenters. The van der Waals surface area contributed by atoms with Crippen molar-refractivity contribution in [1.82, 2.24) is 10.3 Å². The Morgan fingerprint density at radius 3 is 2.86 bits per heavy atom. The summed E-state index contributed by atoms with van der Waals surface area (Å²) in [6, 6.07) is 7.95. The largest absolute Gasteiger partial charge is 0.481 e. The molecule has 0 bridgehead atoms. The molecule has 0 saturated carbocycles. The number of nitrogens with one attached hydrogen (secondary N) is 2. The number of hydrogen-bond donors (Lipinski definition) is 3. The summed E-state index contributed by atoms with van der Waals surface area (Å²) >= 11 is 1.39. The first-order valence-electron chi connectivity index (χ1n) is 6.58. The molecule has 0 fully saturated rings. The van der Waals surface area contributed by atoms with Gasteiger partial charge in [-0.1, -0.05) is 30.0 Å². The van der Waals surface area contributed by atoms with Crippen LogP contribution in [0.3, 0.4) is 0 Å². The molecule has 1 unspecified atom stereocenters. The van der Waals surface area contributed by atoms with Crippen molar-refractivity contribution in [2.45, 2.75) is 18.2 Å². The predicted octanol–water partition coefficient (Wildman–Crippen LogP) is 2.56. The van der Waals surface area contributed by atoms with Crippen LogP contribution in [0.5, 0.6) is 0 Å². The van der Waals surface area contributed by atoms with Gasteiger partial charge in [0.2, 0.25) is 0 Å². The lowest BCUT2D eigenvalue weighted by molar-refractivity contribution is -0.138. The number of ketones is 1. The highest BCUT2D eigenvalue weighted by atomic mass is 32.2. The molecule has 2 heterocycles. The number of thioether (sulfide) groups is 1. The second-order valence-electron chi connectivity index (χ2n) is 4.80. The van der Waals surface area contributed by atoms with E-state index in [4.69, 9.17) is 5.11 Å². The maximum atomic E-state index is 11.9. The molecular weight excluding hydrogens is 288 g/mol. The maximum absolute atomic E-state index is 11.9. The van der Waals surface area contributed by atoms with Crippen LogP contribution in [0, 0.1) is 0 Å². The van der Waals surface area contributed by atoms with E-state index >= 15 is 0 Å².